The normalized spacial score (nSPS) is 20.4. The minimum Gasteiger partial charge on any atom is -0.473 e. The predicted molar refractivity (Wildman–Crippen MR) is 106 cm³/mol. The van der Waals surface area contributed by atoms with Gasteiger partial charge in [-0.15, -0.1) is 0 Å². The molecule has 3 aliphatic rings. The third kappa shape index (κ3) is 6.33. The Bertz CT molecular complexity index is 682. The van der Waals surface area contributed by atoms with Crippen LogP contribution in [-0.4, -0.2) is 71.0 Å². The average Bonchev–Trinajstić information content (AvgIpc) is 3.01. The summed E-state index contributed by atoms with van der Waals surface area (Å²) in [7, 11) is 0. The number of rotatable bonds is 3. The van der Waals surface area contributed by atoms with Gasteiger partial charge in [0.15, 0.2) is 11.5 Å². The van der Waals surface area contributed by atoms with Gasteiger partial charge in [-0.2, -0.15) is 0 Å². The van der Waals surface area contributed by atoms with Crippen molar-refractivity contribution in [2.75, 3.05) is 33.0 Å². The summed E-state index contributed by atoms with van der Waals surface area (Å²) >= 11 is 0. The SMILES string of the molecule is O=C(O)C(=O)O.c1cc2c(cc1CN1CCN(C3CCCCCC3)CC1)OCO2. The van der Waals surface area contributed by atoms with Crippen molar-refractivity contribution in [2.45, 2.75) is 51.1 Å². The standard InChI is InChI=1S/C19H28N2O2.C2H2O4/c1-2-4-6-17(5-3-1)21-11-9-20(10-12-21)14-16-7-8-18-19(13-16)23-15-22-18;3-1(4)2(5)6/h7-8,13,17H,1-6,9-12,14-15H2;(H,3,4)(H,5,6). The lowest BCUT2D eigenvalue weighted by molar-refractivity contribution is -0.159. The van der Waals surface area contributed by atoms with Crippen LogP contribution in [0.5, 0.6) is 11.5 Å². The van der Waals surface area contributed by atoms with E-state index in [0.29, 0.717) is 6.79 Å². The summed E-state index contributed by atoms with van der Waals surface area (Å²) < 4.78 is 10.9. The maximum absolute atomic E-state index is 9.10. The number of carbonyl (C=O) groups is 2. The monoisotopic (exact) mass is 406 g/mol. The molecule has 0 radical (unpaired) electrons. The van der Waals surface area contributed by atoms with Gasteiger partial charge < -0.3 is 19.7 Å². The Morgan fingerprint density at radius 3 is 2.14 bits per heavy atom. The van der Waals surface area contributed by atoms with Gasteiger partial charge in [0.25, 0.3) is 0 Å². The van der Waals surface area contributed by atoms with Crippen molar-refractivity contribution in [3.8, 4) is 11.5 Å². The molecule has 160 valence electrons. The van der Waals surface area contributed by atoms with Gasteiger partial charge in [0.05, 0.1) is 0 Å². The van der Waals surface area contributed by atoms with E-state index < -0.39 is 11.9 Å². The predicted octanol–water partition coefficient (Wildman–Crippen LogP) is 2.41. The van der Waals surface area contributed by atoms with E-state index >= 15 is 0 Å². The Balaban J connectivity index is 0.000000353. The average molecular weight is 406 g/mol. The quantitative estimate of drug-likeness (QED) is 0.583. The zero-order valence-electron chi connectivity index (χ0n) is 16.7. The fourth-order valence-electron chi connectivity index (χ4n) is 4.21. The number of ether oxygens (including phenoxy) is 2. The molecule has 0 atom stereocenters. The van der Waals surface area contributed by atoms with E-state index in [9.17, 15) is 0 Å². The zero-order valence-corrected chi connectivity index (χ0v) is 16.7. The molecule has 29 heavy (non-hydrogen) atoms. The smallest absolute Gasteiger partial charge is 0.414 e. The van der Waals surface area contributed by atoms with Gasteiger partial charge in [0.1, 0.15) is 0 Å². The molecule has 1 saturated heterocycles. The highest BCUT2D eigenvalue weighted by molar-refractivity contribution is 6.27. The Kier molecular flexibility index (Phi) is 7.71. The first-order chi connectivity index (χ1) is 14.0. The van der Waals surface area contributed by atoms with Crippen LogP contribution in [0.3, 0.4) is 0 Å². The first kappa shape index (κ1) is 21.4. The van der Waals surface area contributed by atoms with E-state index in [4.69, 9.17) is 29.3 Å². The van der Waals surface area contributed by atoms with E-state index in [1.165, 1.54) is 70.3 Å². The zero-order chi connectivity index (χ0) is 20.6. The van der Waals surface area contributed by atoms with Crippen LogP contribution in [0.15, 0.2) is 18.2 Å². The fourth-order valence-corrected chi connectivity index (χ4v) is 4.21. The molecule has 8 heteroatoms. The summed E-state index contributed by atoms with van der Waals surface area (Å²) in [5.41, 5.74) is 1.33. The van der Waals surface area contributed by atoms with Crippen LogP contribution in [0, 0.1) is 0 Å². The molecule has 1 aliphatic carbocycles. The van der Waals surface area contributed by atoms with E-state index in [0.717, 1.165) is 24.1 Å². The van der Waals surface area contributed by atoms with Crippen molar-refractivity contribution in [3.05, 3.63) is 23.8 Å². The van der Waals surface area contributed by atoms with E-state index in [1.807, 2.05) is 6.07 Å². The topological polar surface area (TPSA) is 99.5 Å². The van der Waals surface area contributed by atoms with Crippen LogP contribution in [0.4, 0.5) is 0 Å². The van der Waals surface area contributed by atoms with Crippen molar-refractivity contribution >= 4 is 11.9 Å². The van der Waals surface area contributed by atoms with Gasteiger partial charge in [0.2, 0.25) is 6.79 Å². The summed E-state index contributed by atoms with van der Waals surface area (Å²) in [4.78, 5) is 23.5. The molecule has 2 heterocycles. The van der Waals surface area contributed by atoms with Crippen LogP contribution in [0.25, 0.3) is 0 Å². The number of carboxylic acids is 2. The van der Waals surface area contributed by atoms with E-state index in [2.05, 4.69) is 21.9 Å². The molecule has 1 aromatic rings. The Hall–Kier alpha value is -2.32. The minimum atomic E-state index is -1.82. The number of aliphatic carboxylic acids is 2. The highest BCUT2D eigenvalue weighted by Gasteiger charge is 2.24. The number of piperazine rings is 1. The molecular formula is C21H30N2O6. The lowest BCUT2D eigenvalue weighted by Gasteiger charge is -2.39. The van der Waals surface area contributed by atoms with E-state index in [-0.39, 0.29) is 0 Å². The largest absolute Gasteiger partial charge is 0.473 e. The third-order valence-corrected chi connectivity index (χ3v) is 5.77. The van der Waals surface area contributed by atoms with Crippen LogP contribution in [-0.2, 0) is 16.1 Å². The second-order valence-electron chi connectivity index (χ2n) is 7.76. The number of fused-ring (bicyclic) bond motifs is 1. The minimum absolute atomic E-state index is 0.360. The van der Waals surface area contributed by atoms with Gasteiger partial charge in [-0.1, -0.05) is 31.7 Å². The highest BCUT2D eigenvalue weighted by atomic mass is 16.7. The maximum Gasteiger partial charge on any atom is 0.414 e. The summed E-state index contributed by atoms with van der Waals surface area (Å²) in [5, 5.41) is 14.8. The van der Waals surface area contributed by atoms with Crippen molar-refractivity contribution in [1.82, 2.24) is 9.80 Å². The number of hydrogen-bond donors (Lipinski definition) is 2. The molecule has 1 saturated carbocycles. The molecule has 0 bridgehead atoms. The van der Waals surface area contributed by atoms with Crippen molar-refractivity contribution in [2.24, 2.45) is 0 Å². The van der Waals surface area contributed by atoms with Crippen molar-refractivity contribution < 1.29 is 29.3 Å². The lowest BCUT2D eigenvalue weighted by Crippen LogP contribution is -2.49. The van der Waals surface area contributed by atoms with Gasteiger partial charge in [0, 0.05) is 38.8 Å². The Labute approximate surface area is 171 Å². The molecule has 8 nitrogen and oxygen atoms in total. The van der Waals surface area contributed by atoms with Gasteiger partial charge in [-0.25, -0.2) is 9.59 Å². The molecule has 2 N–H and O–H groups in total. The fraction of sp³-hybridized carbons (Fsp3) is 0.619. The molecular weight excluding hydrogens is 376 g/mol. The molecule has 0 aromatic heterocycles. The Morgan fingerprint density at radius 1 is 0.897 bits per heavy atom. The van der Waals surface area contributed by atoms with Crippen LogP contribution in [0.2, 0.25) is 0 Å². The third-order valence-electron chi connectivity index (χ3n) is 5.77. The number of hydrogen-bond acceptors (Lipinski definition) is 6. The summed E-state index contributed by atoms with van der Waals surface area (Å²) in [5.74, 6) is -1.86. The second kappa shape index (κ2) is 10.5. The van der Waals surface area contributed by atoms with Crippen LogP contribution in [0.1, 0.15) is 44.1 Å². The lowest BCUT2D eigenvalue weighted by atomic mass is 10.1. The summed E-state index contributed by atoms with van der Waals surface area (Å²) in [6.45, 7) is 6.22. The Morgan fingerprint density at radius 2 is 1.52 bits per heavy atom. The molecule has 0 amide bonds. The van der Waals surface area contributed by atoms with E-state index in [1.54, 1.807) is 0 Å². The molecule has 0 spiro atoms. The van der Waals surface area contributed by atoms with Gasteiger partial charge >= 0.3 is 11.9 Å². The van der Waals surface area contributed by atoms with Crippen LogP contribution < -0.4 is 9.47 Å². The van der Waals surface area contributed by atoms with Crippen LogP contribution >= 0.6 is 0 Å². The first-order valence-corrected chi connectivity index (χ1v) is 10.3. The molecule has 4 rings (SSSR count). The van der Waals surface area contributed by atoms with Crippen molar-refractivity contribution in [1.29, 1.82) is 0 Å². The molecule has 2 aliphatic heterocycles. The summed E-state index contributed by atoms with van der Waals surface area (Å²) in [6, 6.07) is 7.20. The maximum atomic E-state index is 9.10. The van der Waals surface area contributed by atoms with Gasteiger partial charge in [-0.05, 0) is 30.5 Å². The second-order valence-corrected chi connectivity index (χ2v) is 7.76. The molecule has 0 unspecified atom stereocenters. The number of carboxylic acid groups (broad SMARTS) is 2. The first-order valence-electron chi connectivity index (χ1n) is 10.3. The van der Waals surface area contributed by atoms with Crippen molar-refractivity contribution in [3.63, 3.8) is 0 Å². The molecule has 1 aromatic carbocycles. The highest BCUT2D eigenvalue weighted by Crippen LogP contribution is 2.33. The molecule has 2 fully saturated rings. The van der Waals surface area contributed by atoms with Gasteiger partial charge in [-0.3, -0.25) is 9.80 Å². The number of benzene rings is 1. The summed E-state index contributed by atoms with van der Waals surface area (Å²) in [6.07, 6.45) is 8.59. The number of nitrogens with zero attached hydrogens (tertiary/aromatic N) is 2.